The lowest BCUT2D eigenvalue weighted by Gasteiger charge is -2.16. The lowest BCUT2D eigenvalue weighted by Crippen LogP contribution is -2.08. The molecule has 0 aliphatic heterocycles. The highest BCUT2D eigenvalue weighted by Crippen LogP contribution is 2.33. The molecule has 0 aromatic heterocycles. The van der Waals surface area contributed by atoms with E-state index < -0.39 is 4.92 Å². The number of hydrogen-bond acceptors (Lipinski definition) is 4. The average Bonchev–Trinajstić information content (AvgIpc) is 2.29. The number of nitro groups is 1. The second-order valence-corrected chi connectivity index (χ2v) is 3.88. The quantitative estimate of drug-likeness (QED) is 0.575. The third-order valence-corrected chi connectivity index (χ3v) is 2.04. The molecule has 0 heterocycles. The molecule has 98 valence electrons. The second kappa shape index (κ2) is 6.64. The van der Waals surface area contributed by atoms with Crippen LogP contribution in [0.15, 0.2) is 24.4 Å². The van der Waals surface area contributed by atoms with E-state index in [4.69, 9.17) is 9.47 Å². The summed E-state index contributed by atoms with van der Waals surface area (Å²) in [6.45, 7) is 6.17. The van der Waals surface area contributed by atoms with Crippen molar-refractivity contribution in [3.05, 3.63) is 40.1 Å². The molecule has 18 heavy (non-hydrogen) atoms. The van der Waals surface area contributed by atoms with Crippen LogP contribution in [-0.4, -0.2) is 17.6 Å². The normalized spacial score (nSPS) is 10.9. The van der Waals surface area contributed by atoms with Crippen LogP contribution in [0, 0.1) is 10.1 Å². The van der Waals surface area contributed by atoms with Crippen molar-refractivity contribution >= 4 is 6.08 Å². The third-order valence-electron chi connectivity index (χ3n) is 2.04. The Balaban J connectivity index is 3.14. The summed E-state index contributed by atoms with van der Waals surface area (Å²) in [5, 5.41) is 10.4. The Morgan fingerprint density at radius 3 is 2.72 bits per heavy atom. The monoisotopic (exact) mass is 251 g/mol. The van der Waals surface area contributed by atoms with Gasteiger partial charge in [-0.25, -0.2) is 0 Å². The summed E-state index contributed by atoms with van der Waals surface area (Å²) in [6.07, 6.45) is 2.26. The predicted octanol–water partition coefficient (Wildman–Crippen LogP) is 3.12. The molecule has 5 heteroatoms. The average molecular weight is 251 g/mol. The van der Waals surface area contributed by atoms with Crippen LogP contribution in [0.25, 0.3) is 6.08 Å². The van der Waals surface area contributed by atoms with Gasteiger partial charge < -0.3 is 9.47 Å². The summed E-state index contributed by atoms with van der Waals surface area (Å²) in [5.74, 6) is 1.13. The fraction of sp³-hybridized carbons (Fsp3) is 0.385. The minimum Gasteiger partial charge on any atom is -0.490 e. The summed E-state index contributed by atoms with van der Waals surface area (Å²) in [5.41, 5.74) is 0.631. The molecule has 0 aliphatic rings. The molecule has 0 amide bonds. The molecule has 0 radical (unpaired) electrons. The van der Waals surface area contributed by atoms with Gasteiger partial charge in [-0.15, -0.1) is 0 Å². The Labute approximate surface area is 106 Å². The topological polar surface area (TPSA) is 61.6 Å². The highest BCUT2D eigenvalue weighted by Gasteiger charge is 2.11. The molecule has 0 unspecified atom stereocenters. The molecule has 0 saturated heterocycles. The van der Waals surface area contributed by atoms with Gasteiger partial charge in [0.2, 0.25) is 6.20 Å². The van der Waals surface area contributed by atoms with Crippen LogP contribution in [0.5, 0.6) is 11.5 Å². The van der Waals surface area contributed by atoms with Crippen molar-refractivity contribution in [1.82, 2.24) is 0 Å². The number of hydrogen-bond donors (Lipinski definition) is 0. The number of para-hydroxylation sites is 1. The molecular weight excluding hydrogens is 234 g/mol. The fourth-order valence-corrected chi connectivity index (χ4v) is 1.44. The van der Waals surface area contributed by atoms with E-state index in [0.29, 0.717) is 23.7 Å². The minimum atomic E-state index is -0.507. The van der Waals surface area contributed by atoms with Crippen molar-refractivity contribution in [1.29, 1.82) is 0 Å². The van der Waals surface area contributed by atoms with E-state index in [1.807, 2.05) is 20.8 Å². The largest absolute Gasteiger partial charge is 0.490 e. The molecule has 0 bridgehead atoms. The number of rotatable bonds is 6. The summed E-state index contributed by atoms with van der Waals surface area (Å²) in [7, 11) is 0. The summed E-state index contributed by atoms with van der Waals surface area (Å²) in [4.78, 5) is 9.86. The van der Waals surface area contributed by atoms with Crippen LogP contribution in [0.2, 0.25) is 0 Å². The molecule has 0 atom stereocenters. The molecule has 5 nitrogen and oxygen atoms in total. The summed E-state index contributed by atoms with van der Waals surface area (Å²) < 4.78 is 11.1. The van der Waals surface area contributed by atoms with Gasteiger partial charge in [-0.1, -0.05) is 12.1 Å². The molecule has 1 aromatic rings. The zero-order valence-electron chi connectivity index (χ0n) is 10.8. The maximum atomic E-state index is 10.4. The van der Waals surface area contributed by atoms with E-state index in [1.54, 1.807) is 18.2 Å². The summed E-state index contributed by atoms with van der Waals surface area (Å²) >= 11 is 0. The first-order valence-electron chi connectivity index (χ1n) is 5.78. The predicted molar refractivity (Wildman–Crippen MR) is 69.4 cm³/mol. The molecule has 0 fully saturated rings. The maximum Gasteiger partial charge on any atom is 0.235 e. The first-order valence-corrected chi connectivity index (χ1v) is 5.78. The van der Waals surface area contributed by atoms with Crippen molar-refractivity contribution in [3.63, 3.8) is 0 Å². The highest BCUT2D eigenvalue weighted by atomic mass is 16.6. The van der Waals surface area contributed by atoms with E-state index in [9.17, 15) is 10.1 Å². The Morgan fingerprint density at radius 2 is 2.17 bits per heavy atom. The van der Waals surface area contributed by atoms with Crippen molar-refractivity contribution in [2.24, 2.45) is 0 Å². The van der Waals surface area contributed by atoms with Crippen molar-refractivity contribution in [2.45, 2.75) is 26.9 Å². The Bertz CT molecular complexity index is 441. The van der Waals surface area contributed by atoms with Gasteiger partial charge in [-0.05, 0) is 26.8 Å². The fourth-order valence-electron chi connectivity index (χ4n) is 1.44. The molecule has 0 aliphatic carbocycles. The molecular formula is C13H17NO4. The van der Waals surface area contributed by atoms with Crippen molar-refractivity contribution in [2.75, 3.05) is 6.61 Å². The highest BCUT2D eigenvalue weighted by molar-refractivity contribution is 5.61. The van der Waals surface area contributed by atoms with Crippen LogP contribution in [0.1, 0.15) is 26.3 Å². The first-order chi connectivity index (χ1) is 8.54. The van der Waals surface area contributed by atoms with Crippen LogP contribution in [0.4, 0.5) is 0 Å². The van der Waals surface area contributed by atoms with Gasteiger partial charge in [0.1, 0.15) is 0 Å². The van der Waals surface area contributed by atoms with E-state index >= 15 is 0 Å². The van der Waals surface area contributed by atoms with Gasteiger partial charge in [0.05, 0.1) is 17.6 Å². The molecule has 0 saturated carbocycles. The lowest BCUT2D eigenvalue weighted by molar-refractivity contribution is -0.400. The molecule has 1 aromatic carbocycles. The van der Waals surface area contributed by atoms with E-state index in [-0.39, 0.29) is 6.10 Å². The van der Waals surface area contributed by atoms with Crippen molar-refractivity contribution < 1.29 is 14.4 Å². The van der Waals surface area contributed by atoms with Crippen LogP contribution in [0.3, 0.4) is 0 Å². The van der Waals surface area contributed by atoms with Gasteiger partial charge >= 0.3 is 0 Å². The first kappa shape index (κ1) is 14.0. The SMILES string of the molecule is CCOc1cccc(C=C[N+](=O)[O-])c1OC(C)C. The smallest absolute Gasteiger partial charge is 0.235 e. The Kier molecular flexibility index (Phi) is 5.17. The Morgan fingerprint density at radius 1 is 1.44 bits per heavy atom. The third kappa shape index (κ3) is 4.08. The molecule has 1 rings (SSSR count). The summed E-state index contributed by atoms with van der Waals surface area (Å²) in [6, 6.07) is 5.31. The van der Waals surface area contributed by atoms with E-state index in [2.05, 4.69) is 0 Å². The van der Waals surface area contributed by atoms with Crippen molar-refractivity contribution in [3.8, 4) is 11.5 Å². The van der Waals surface area contributed by atoms with Crippen LogP contribution < -0.4 is 9.47 Å². The van der Waals surface area contributed by atoms with E-state index in [0.717, 1.165) is 6.20 Å². The molecule has 0 N–H and O–H groups in total. The van der Waals surface area contributed by atoms with Gasteiger partial charge in [0, 0.05) is 11.6 Å². The maximum absolute atomic E-state index is 10.4. The van der Waals surface area contributed by atoms with Crippen LogP contribution >= 0.6 is 0 Å². The second-order valence-electron chi connectivity index (χ2n) is 3.88. The standard InChI is InChI=1S/C13H17NO4/c1-4-17-12-7-5-6-11(8-9-14(15)16)13(12)18-10(2)3/h5-10H,4H2,1-3H3. The van der Waals surface area contributed by atoms with Gasteiger partial charge in [-0.2, -0.15) is 0 Å². The number of benzene rings is 1. The van der Waals surface area contributed by atoms with Gasteiger partial charge in [0.15, 0.2) is 11.5 Å². The molecule has 0 spiro atoms. The zero-order valence-corrected chi connectivity index (χ0v) is 10.8. The van der Waals surface area contributed by atoms with E-state index in [1.165, 1.54) is 6.08 Å². The number of nitrogens with zero attached hydrogens (tertiary/aromatic N) is 1. The minimum absolute atomic E-state index is 0.0330. The number of ether oxygens (including phenoxy) is 2. The lowest BCUT2D eigenvalue weighted by atomic mass is 10.2. The van der Waals surface area contributed by atoms with Gasteiger partial charge in [-0.3, -0.25) is 10.1 Å². The van der Waals surface area contributed by atoms with Crippen LogP contribution in [-0.2, 0) is 0 Å². The zero-order chi connectivity index (χ0) is 13.5. The Hall–Kier alpha value is -2.04. The van der Waals surface area contributed by atoms with Gasteiger partial charge in [0.25, 0.3) is 0 Å².